The highest BCUT2D eigenvalue weighted by molar-refractivity contribution is 6.74. The van der Waals surface area contributed by atoms with E-state index in [9.17, 15) is 0 Å². The summed E-state index contributed by atoms with van der Waals surface area (Å²) in [5.74, 6) is 2.25. The number of hydrogen-bond acceptors (Lipinski definition) is 7. The van der Waals surface area contributed by atoms with Crippen LogP contribution < -0.4 is 11.1 Å². The van der Waals surface area contributed by atoms with Crippen LogP contribution in [0.4, 0.5) is 11.6 Å². The summed E-state index contributed by atoms with van der Waals surface area (Å²) in [6, 6.07) is 10.5. The van der Waals surface area contributed by atoms with Crippen LogP contribution in [0.25, 0.3) is 0 Å². The van der Waals surface area contributed by atoms with Crippen LogP contribution in [0.5, 0.6) is 0 Å². The van der Waals surface area contributed by atoms with E-state index in [-0.39, 0.29) is 34.2 Å². The largest absolute Gasteiger partial charge is 0.416 e. The highest BCUT2D eigenvalue weighted by Gasteiger charge is 2.46. The predicted octanol–water partition coefficient (Wildman–Crippen LogP) is 7.36. The zero-order valence-corrected chi connectivity index (χ0v) is 29.3. The van der Waals surface area contributed by atoms with Crippen LogP contribution in [0.15, 0.2) is 30.3 Å². The summed E-state index contributed by atoms with van der Waals surface area (Å²) in [6.07, 6.45) is 2.89. The molecule has 0 saturated heterocycles. The van der Waals surface area contributed by atoms with Gasteiger partial charge in [-0.05, 0) is 66.7 Å². The number of methoxy groups -OCH3 is 1. The molecule has 41 heavy (non-hydrogen) atoms. The van der Waals surface area contributed by atoms with Gasteiger partial charge in [0.25, 0.3) is 0 Å². The second kappa shape index (κ2) is 11.7. The van der Waals surface area contributed by atoms with Crippen molar-refractivity contribution in [2.24, 2.45) is 5.92 Å². The molecule has 1 saturated carbocycles. The maximum atomic E-state index is 7.05. The number of aromatic nitrogens is 2. The first-order valence-electron chi connectivity index (χ1n) is 15.3. The van der Waals surface area contributed by atoms with Gasteiger partial charge in [0.2, 0.25) is 0 Å². The number of hydrogen-bond donors (Lipinski definition) is 2. The van der Waals surface area contributed by atoms with E-state index in [4.69, 9.17) is 24.3 Å². The Kier molecular flexibility index (Phi) is 9.18. The molecule has 7 nitrogen and oxygen atoms in total. The van der Waals surface area contributed by atoms with Crippen molar-refractivity contribution in [1.29, 1.82) is 0 Å². The quantitative estimate of drug-likeness (QED) is 0.291. The maximum absolute atomic E-state index is 7.05. The first kappa shape index (κ1) is 32.1. The Bertz CT molecular complexity index is 1210. The van der Waals surface area contributed by atoms with E-state index in [1.165, 1.54) is 11.1 Å². The average Bonchev–Trinajstić information content (AvgIpc) is 3.40. The fourth-order valence-corrected chi connectivity index (χ4v) is 8.06. The van der Waals surface area contributed by atoms with Gasteiger partial charge in [-0.1, -0.05) is 65.8 Å². The molecule has 1 heterocycles. The summed E-state index contributed by atoms with van der Waals surface area (Å²) in [6.45, 7) is 23.9. The van der Waals surface area contributed by atoms with E-state index in [1.807, 2.05) is 6.07 Å². The molecule has 0 amide bonds. The summed E-state index contributed by atoms with van der Waals surface area (Å²) in [5, 5.41) is 4.05. The topological polar surface area (TPSA) is 91.5 Å². The molecule has 1 aromatic heterocycles. The van der Waals surface area contributed by atoms with Crippen LogP contribution in [0.3, 0.4) is 0 Å². The van der Waals surface area contributed by atoms with E-state index in [2.05, 4.69) is 102 Å². The van der Waals surface area contributed by atoms with Crippen LogP contribution >= 0.6 is 0 Å². The maximum Gasteiger partial charge on any atom is 0.192 e. The minimum Gasteiger partial charge on any atom is -0.416 e. The number of fused-ring (bicyclic) bond motifs is 1. The highest BCUT2D eigenvalue weighted by atomic mass is 28.4. The van der Waals surface area contributed by atoms with Gasteiger partial charge in [-0.15, -0.1) is 0 Å². The Morgan fingerprint density at radius 2 is 1.59 bits per heavy atom. The zero-order valence-electron chi connectivity index (χ0n) is 27.3. The van der Waals surface area contributed by atoms with Crippen molar-refractivity contribution in [2.75, 3.05) is 24.8 Å². The molecule has 1 aromatic carbocycles. The second-order valence-corrected chi connectivity index (χ2v) is 24.8. The smallest absolute Gasteiger partial charge is 0.192 e. The van der Waals surface area contributed by atoms with Gasteiger partial charge in [0, 0.05) is 31.7 Å². The highest BCUT2D eigenvalue weighted by Crippen LogP contribution is 2.43. The van der Waals surface area contributed by atoms with Crippen LogP contribution in [0.2, 0.25) is 36.3 Å². The van der Waals surface area contributed by atoms with Crippen molar-refractivity contribution in [1.82, 2.24) is 9.97 Å². The van der Waals surface area contributed by atoms with Crippen molar-refractivity contribution >= 4 is 28.3 Å². The van der Waals surface area contributed by atoms with Crippen molar-refractivity contribution in [3.63, 3.8) is 0 Å². The van der Waals surface area contributed by atoms with Gasteiger partial charge in [0.1, 0.15) is 17.5 Å². The standard InChI is InChI=1S/C32H54N4O3Si2/c1-31(2,3)40(8,9)38-20-22-16-23(18-25(22)39-41(10,11)32(4,5)6)34-28-19-27(33)35-30(36-28)29-24-15-13-12-14-21(24)17-26(29)37-7/h12-15,19,22-23,25-26,29H,16-18,20H2,1-11H3,(H3,33,34,35,36)/t22-,23+,25-,26-,29-/m0/s1. The Hall–Kier alpha value is -1.79. The predicted molar refractivity (Wildman–Crippen MR) is 175 cm³/mol. The monoisotopic (exact) mass is 598 g/mol. The third kappa shape index (κ3) is 7.07. The lowest BCUT2D eigenvalue weighted by molar-refractivity contribution is 0.0969. The van der Waals surface area contributed by atoms with Crippen molar-refractivity contribution < 1.29 is 13.6 Å². The molecule has 3 N–H and O–H groups in total. The minimum absolute atomic E-state index is 0.00670. The molecule has 228 valence electrons. The lowest BCUT2D eigenvalue weighted by Gasteiger charge is -2.41. The lowest BCUT2D eigenvalue weighted by atomic mass is 9.99. The average molecular weight is 599 g/mol. The van der Waals surface area contributed by atoms with Crippen LogP contribution in [-0.4, -0.2) is 58.6 Å². The van der Waals surface area contributed by atoms with Gasteiger partial charge < -0.3 is 24.6 Å². The summed E-state index contributed by atoms with van der Waals surface area (Å²) in [7, 11) is -2.07. The lowest BCUT2D eigenvalue weighted by Crippen LogP contribution is -2.46. The third-order valence-electron chi connectivity index (χ3n) is 10.2. The molecule has 0 spiro atoms. The third-order valence-corrected chi connectivity index (χ3v) is 19.2. The summed E-state index contributed by atoms with van der Waals surface area (Å²) < 4.78 is 19.7. The number of nitrogen functional groups attached to an aromatic ring is 1. The fourth-order valence-electron chi connectivity index (χ4n) is 5.60. The van der Waals surface area contributed by atoms with Crippen molar-refractivity contribution in [3.8, 4) is 0 Å². The van der Waals surface area contributed by atoms with Gasteiger partial charge in [-0.25, -0.2) is 9.97 Å². The molecule has 5 atom stereocenters. The van der Waals surface area contributed by atoms with Crippen molar-refractivity contribution in [3.05, 3.63) is 47.3 Å². The summed E-state index contributed by atoms with van der Waals surface area (Å²) in [4.78, 5) is 9.70. The minimum atomic E-state index is -1.96. The van der Waals surface area contributed by atoms with E-state index in [0.717, 1.165) is 31.7 Å². The Labute approximate surface area is 250 Å². The van der Waals surface area contributed by atoms with Gasteiger partial charge in [-0.2, -0.15) is 0 Å². The normalized spacial score (nSPS) is 25.4. The number of nitrogens with two attached hydrogens (primary N) is 1. The number of ether oxygens (including phenoxy) is 1. The summed E-state index contributed by atoms with van der Waals surface area (Å²) >= 11 is 0. The first-order valence-corrected chi connectivity index (χ1v) is 21.1. The fraction of sp³-hybridized carbons (Fsp3) is 0.688. The van der Waals surface area contributed by atoms with Gasteiger partial charge >= 0.3 is 0 Å². The number of anilines is 2. The van der Waals surface area contributed by atoms with Crippen LogP contribution in [-0.2, 0) is 20.0 Å². The van der Waals surface area contributed by atoms with Crippen LogP contribution in [0.1, 0.15) is 77.3 Å². The molecular weight excluding hydrogens is 545 g/mol. The first-order chi connectivity index (χ1) is 18.9. The van der Waals surface area contributed by atoms with Gasteiger partial charge in [0.15, 0.2) is 16.6 Å². The molecule has 0 unspecified atom stereocenters. The van der Waals surface area contributed by atoms with Crippen molar-refractivity contribution in [2.45, 2.75) is 121 Å². The number of benzene rings is 1. The van der Waals surface area contributed by atoms with E-state index in [0.29, 0.717) is 17.6 Å². The molecule has 2 aliphatic carbocycles. The second-order valence-electron chi connectivity index (χ2n) is 15.3. The van der Waals surface area contributed by atoms with E-state index >= 15 is 0 Å². The molecule has 2 aromatic rings. The number of rotatable bonds is 9. The molecule has 2 aliphatic rings. The number of nitrogens with one attached hydrogen (secondary N) is 1. The van der Waals surface area contributed by atoms with Crippen LogP contribution in [0, 0.1) is 5.92 Å². The zero-order chi connectivity index (χ0) is 30.4. The molecule has 4 rings (SSSR count). The van der Waals surface area contributed by atoms with Gasteiger partial charge in [0.05, 0.1) is 18.1 Å². The molecule has 0 radical (unpaired) electrons. The molecule has 0 bridgehead atoms. The Balaban J connectivity index is 1.56. The molecule has 9 heteroatoms. The molecular formula is C32H54N4O3Si2. The molecule has 1 fully saturated rings. The SMILES string of the molecule is CO[C@H]1Cc2ccccc2[C@@H]1c1nc(N)cc(N[C@@H]2C[C@@H](CO[Si](C)(C)C(C)(C)C)[C@@H](O[Si](C)(C)C(C)(C)C)C2)n1. The van der Waals surface area contributed by atoms with E-state index < -0.39 is 16.6 Å². The molecule has 0 aliphatic heterocycles. The number of nitrogens with zero attached hydrogens (tertiary/aromatic N) is 2. The Morgan fingerprint density at radius 3 is 2.22 bits per heavy atom. The Morgan fingerprint density at radius 1 is 0.927 bits per heavy atom. The summed E-state index contributed by atoms with van der Waals surface area (Å²) in [5.41, 5.74) is 8.88. The van der Waals surface area contributed by atoms with Gasteiger partial charge in [-0.3, -0.25) is 0 Å². The van der Waals surface area contributed by atoms with E-state index in [1.54, 1.807) is 7.11 Å².